The number of amides is 2. The summed E-state index contributed by atoms with van der Waals surface area (Å²) in [6, 6.07) is 0. The molecule has 1 aliphatic heterocycles. The van der Waals surface area contributed by atoms with Crippen LogP contribution < -0.4 is 5.32 Å². The van der Waals surface area contributed by atoms with Gasteiger partial charge in [-0.1, -0.05) is 64.7 Å². The fourth-order valence-electron chi connectivity index (χ4n) is 3.95. The molecule has 0 spiro atoms. The summed E-state index contributed by atoms with van der Waals surface area (Å²) in [6.07, 6.45) is 12.2. The van der Waals surface area contributed by atoms with Gasteiger partial charge in [0.2, 0.25) is 5.91 Å². The monoisotopic (exact) mass is 382 g/mol. The van der Waals surface area contributed by atoms with E-state index in [-0.39, 0.29) is 17.0 Å². The molecule has 1 rings (SSSR count). The Kier molecular flexibility index (Phi) is 10.4. The molecular formula is C22H42N2O3. The van der Waals surface area contributed by atoms with Gasteiger partial charge in [-0.3, -0.25) is 4.79 Å². The first kappa shape index (κ1) is 23.9. The van der Waals surface area contributed by atoms with Gasteiger partial charge in [0.1, 0.15) is 0 Å². The summed E-state index contributed by atoms with van der Waals surface area (Å²) in [7, 11) is 0. The van der Waals surface area contributed by atoms with Crippen molar-refractivity contribution in [1.29, 1.82) is 0 Å². The molecular weight excluding hydrogens is 340 g/mol. The van der Waals surface area contributed by atoms with Crippen LogP contribution in [0.15, 0.2) is 0 Å². The predicted molar refractivity (Wildman–Crippen MR) is 111 cm³/mol. The minimum Gasteiger partial charge on any atom is -0.449 e. The third kappa shape index (κ3) is 10.1. The maximum Gasteiger partial charge on any atom is 0.416 e. The number of nitrogens with one attached hydrogen (secondary N) is 1. The summed E-state index contributed by atoms with van der Waals surface area (Å²) < 4.78 is 5.38. The third-order valence-corrected chi connectivity index (χ3v) is 5.07. The van der Waals surface area contributed by atoms with Crippen molar-refractivity contribution >= 4 is 12.0 Å². The van der Waals surface area contributed by atoms with Crippen LogP contribution in [0.5, 0.6) is 0 Å². The molecule has 0 radical (unpaired) electrons. The summed E-state index contributed by atoms with van der Waals surface area (Å²) in [5.41, 5.74) is -0.655. The highest BCUT2D eigenvalue weighted by Gasteiger charge is 2.40. The van der Waals surface area contributed by atoms with Gasteiger partial charge in [-0.05, 0) is 34.1 Å². The van der Waals surface area contributed by atoms with Crippen LogP contribution in [-0.4, -0.2) is 41.1 Å². The topological polar surface area (TPSA) is 58.6 Å². The quantitative estimate of drug-likeness (QED) is 0.485. The number of rotatable bonds is 11. The first-order valence-corrected chi connectivity index (χ1v) is 10.9. The minimum absolute atomic E-state index is 0.161. The van der Waals surface area contributed by atoms with E-state index in [0.717, 1.165) is 12.8 Å². The normalized spacial score (nSPS) is 19.0. The second-order valence-corrected chi connectivity index (χ2v) is 9.35. The number of carbonyl (C=O) groups excluding carboxylic acids is 2. The molecule has 27 heavy (non-hydrogen) atoms. The van der Waals surface area contributed by atoms with Gasteiger partial charge in [-0.2, -0.15) is 0 Å². The molecule has 1 saturated heterocycles. The number of hydrogen-bond acceptors (Lipinski definition) is 4. The molecule has 158 valence electrons. The highest BCUT2D eigenvalue weighted by atomic mass is 16.6. The van der Waals surface area contributed by atoms with Crippen molar-refractivity contribution in [3.8, 4) is 0 Å². The molecule has 1 aliphatic rings. The van der Waals surface area contributed by atoms with Crippen LogP contribution in [0.25, 0.3) is 0 Å². The maximum atomic E-state index is 12.4. The van der Waals surface area contributed by atoms with Gasteiger partial charge in [-0.15, -0.1) is 0 Å². The molecule has 0 atom stereocenters. The molecule has 0 aromatic heterocycles. The van der Waals surface area contributed by atoms with Crippen molar-refractivity contribution in [3.05, 3.63) is 0 Å². The van der Waals surface area contributed by atoms with E-state index < -0.39 is 6.09 Å². The molecule has 2 amide bonds. The third-order valence-electron chi connectivity index (χ3n) is 5.07. The zero-order chi connectivity index (χ0) is 20.3. The molecule has 0 aromatic rings. The van der Waals surface area contributed by atoms with Crippen LogP contribution in [0.4, 0.5) is 4.79 Å². The van der Waals surface area contributed by atoms with Gasteiger partial charge < -0.3 is 10.1 Å². The summed E-state index contributed by atoms with van der Waals surface area (Å²) in [5, 5.41) is 3.45. The minimum atomic E-state index is -0.497. The van der Waals surface area contributed by atoms with Crippen molar-refractivity contribution < 1.29 is 14.3 Å². The van der Waals surface area contributed by atoms with E-state index in [9.17, 15) is 9.59 Å². The first-order chi connectivity index (χ1) is 12.7. The lowest BCUT2D eigenvalue weighted by Crippen LogP contribution is -2.54. The molecule has 0 aliphatic carbocycles. The zero-order valence-corrected chi connectivity index (χ0v) is 18.4. The Morgan fingerprint density at radius 1 is 0.926 bits per heavy atom. The summed E-state index contributed by atoms with van der Waals surface area (Å²) >= 11 is 0. The number of nitrogens with zero attached hydrogens (tertiary/aromatic N) is 1. The Balaban J connectivity index is 2.20. The van der Waals surface area contributed by atoms with Crippen molar-refractivity contribution in [1.82, 2.24) is 10.2 Å². The summed E-state index contributed by atoms with van der Waals surface area (Å²) in [5.74, 6) is -0.161. The Morgan fingerprint density at radius 3 is 2.00 bits per heavy atom. The first-order valence-electron chi connectivity index (χ1n) is 10.9. The summed E-state index contributed by atoms with van der Waals surface area (Å²) in [6.45, 7) is 11.0. The fraction of sp³-hybridized carbons (Fsp3) is 0.909. The highest BCUT2D eigenvalue weighted by Crippen LogP contribution is 2.22. The Labute approximate surface area is 166 Å². The second kappa shape index (κ2) is 11.7. The van der Waals surface area contributed by atoms with Gasteiger partial charge in [0.25, 0.3) is 0 Å². The average Bonchev–Trinajstić information content (AvgIpc) is 2.64. The molecule has 0 unspecified atom stereocenters. The molecule has 0 bridgehead atoms. The fourth-order valence-corrected chi connectivity index (χ4v) is 3.95. The van der Waals surface area contributed by atoms with Gasteiger partial charge in [0.15, 0.2) is 0 Å². The number of ether oxygens (including phenoxy) is 1. The van der Waals surface area contributed by atoms with E-state index in [1.54, 1.807) is 0 Å². The Morgan fingerprint density at radius 2 is 1.44 bits per heavy atom. The van der Waals surface area contributed by atoms with Crippen LogP contribution in [-0.2, 0) is 9.53 Å². The van der Waals surface area contributed by atoms with Gasteiger partial charge in [0, 0.05) is 24.0 Å². The molecule has 5 heteroatoms. The maximum absolute atomic E-state index is 12.4. The van der Waals surface area contributed by atoms with Crippen molar-refractivity contribution in [2.24, 2.45) is 0 Å². The molecule has 1 fully saturated rings. The summed E-state index contributed by atoms with van der Waals surface area (Å²) in [4.78, 5) is 26.1. The Bertz CT molecular complexity index is 460. The SMILES string of the molecule is CCCCCCCCCCCCOC(=O)N1CC(C)(C)NC(C)(C)CC1=O. The van der Waals surface area contributed by atoms with Crippen LogP contribution in [0, 0.1) is 0 Å². The molecule has 0 aromatic carbocycles. The standard InChI is InChI=1S/C22H42N2O3/c1-6-7-8-9-10-11-12-13-14-15-16-27-20(26)24-18-22(4,5)23-21(2,3)17-19(24)25/h23H,6-18H2,1-5H3. The van der Waals surface area contributed by atoms with E-state index in [1.807, 2.05) is 27.7 Å². The predicted octanol–water partition coefficient (Wildman–Crippen LogP) is 5.42. The lowest BCUT2D eigenvalue weighted by molar-refractivity contribution is -0.130. The van der Waals surface area contributed by atoms with Crippen LogP contribution in [0.1, 0.15) is 105 Å². The van der Waals surface area contributed by atoms with E-state index in [4.69, 9.17) is 4.74 Å². The van der Waals surface area contributed by atoms with Gasteiger partial charge in [0.05, 0.1) is 6.61 Å². The average molecular weight is 383 g/mol. The van der Waals surface area contributed by atoms with Gasteiger partial charge >= 0.3 is 6.09 Å². The van der Waals surface area contributed by atoms with Crippen molar-refractivity contribution in [2.75, 3.05) is 13.2 Å². The molecule has 5 nitrogen and oxygen atoms in total. The van der Waals surface area contributed by atoms with Crippen LogP contribution >= 0.6 is 0 Å². The lowest BCUT2D eigenvalue weighted by Gasteiger charge is -2.33. The van der Waals surface area contributed by atoms with E-state index in [2.05, 4.69) is 12.2 Å². The number of carbonyl (C=O) groups is 2. The number of unbranched alkanes of at least 4 members (excludes halogenated alkanes) is 9. The smallest absolute Gasteiger partial charge is 0.416 e. The Hall–Kier alpha value is -1.10. The van der Waals surface area contributed by atoms with E-state index >= 15 is 0 Å². The zero-order valence-electron chi connectivity index (χ0n) is 18.4. The lowest BCUT2D eigenvalue weighted by atomic mass is 9.96. The van der Waals surface area contributed by atoms with Gasteiger partial charge in [-0.25, -0.2) is 9.69 Å². The highest BCUT2D eigenvalue weighted by molar-refractivity contribution is 5.92. The van der Waals surface area contributed by atoms with E-state index in [0.29, 0.717) is 19.6 Å². The van der Waals surface area contributed by atoms with E-state index in [1.165, 1.54) is 56.3 Å². The largest absolute Gasteiger partial charge is 0.449 e. The van der Waals surface area contributed by atoms with Crippen LogP contribution in [0.2, 0.25) is 0 Å². The number of hydrogen-bond donors (Lipinski definition) is 1. The molecule has 0 saturated carbocycles. The molecule has 1 heterocycles. The molecule has 1 N–H and O–H groups in total. The number of imide groups is 1. The van der Waals surface area contributed by atoms with Crippen LogP contribution in [0.3, 0.4) is 0 Å². The van der Waals surface area contributed by atoms with Crippen molar-refractivity contribution in [2.45, 2.75) is 116 Å². The van der Waals surface area contributed by atoms with Crippen molar-refractivity contribution in [3.63, 3.8) is 0 Å². The second-order valence-electron chi connectivity index (χ2n) is 9.35.